The number of hydrogen-bond donors (Lipinski definition) is 10. The van der Waals surface area contributed by atoms with Crippen molar-refractivity contribution in [1.29, 1.82) is 0 Å². The van der Waals surface area contributed by atoms with Crippen LogP contribution in [0.3, 0.4) is 0 Å². The summed E-state index contributed by atoms with van der Waals surface area (Å²) in [6.07, 6.45) is -8.35. The van der Waals surface area contributed by atoms with E-state index in [-0.39, 0.29) is 51.9 Å². The van der Waals surface area contributed by atoms with E-state index in [1.807, 2.05) is 13.8 Å². The molecule has 2 saturated heterocycles. The average Bonchev–Trinajstić information content (AvgIpc) is 3.45. The van der Waals surface area contributed by atoms with E-state index in [0.29, 0.717) is 18.8 Å². The van der Waals surface area contributed by atoms with Crippen LogP contribution < -0.4 is 0 Å². The summed E-state index contributed by atoms with van der Waals surface area (Å²) < 4.78 is 24.4. The molecule has 14 heteroatoms. The van der Waals surface area contributed by atoms with Crippen molar-refractivity contribution in [2.45, 2.75) is 185 Å². The molecule has 0 bridgehead atoms. The molecule has 5 aliphatic carbocycles. The molecular formula is C42H72O14. The maximum Gasteiger partial charge on any atom is 0.187 e. The molecule has 14 nitrogen and oxygen atoms in total. The number of fused-ring (bicyclic) bond motifs is 7. The van der Waals surface area contributed by atoms with E-state index in [2.05, 4.69) is 34.6 Å². The summed E-state index contributed by atoms with van der Waals surface area (Å²) in [7, 11) is 0. The first kappa shape index (κ1) is 43.5. The van der Waals surface area contributed by atoms with Crippen LogP contribution in [0.1, 0.15) is 106 Å². The predicted molar refractivity (Wildman–Crippen MR) is 200 cm³/mol. The molecule has 21 atom stereocenters. The largest absolute Gasteiger partial charge is 0.396 e. The zero-order valence-electron chi connectivity index (χ0n) is 34.4. The van der Waals surface area contributed by atoms with E-state index in [1.54, 1.807) is 0 Å². The molecule has 7 aliphatic rings. The van der Waals surface area contributed by atoms with Crippen molar-refractivity contribution in [2.75, 3.05) is 19.8 Å². The van der Waals surface area contributed by atoms with Crippen LogP contribution >= 0.6 is 0 Å². The lowest BCUT2D eigenvalue weighted by molar-refractivity contribution is -0.378. The Labute approximate surface area is 331 Å². The maximum atomic E-state index is 11.5. The Bertz CT molecular complexity index is 1410. The summed E-state index contributed by atoms with van der Waals surface area (Å²) in [6.45, 7) is 14.2. The Morgan fingerprint density at radius 3 is 1.88 bits per heavy atom. The Hall–Kier alpha value is -0.560. The maximum absolute atomic E-state index is 11.5. The predicted octanol–water partition coefficient (Wildman–Crippen LogP) is 0.811. The SMILES string of the molecule is CC(C)(O)[C@H]1[C@@H]2[C@H]3CC[C@@H]4[C@@]5(C)CC[C@H](O[C@@H]6O[C@H](CO)[C@@H](O)[C@H](O)[C@H]6O[C@@H]6O[C@H](CO)[C@@H](O)[C@H](O)[C@H]6O)C(C)(C)[C@H]5CC[C@@]4(C)[C@]3(C)CC[C@]2(CO)C[C@@H]1O. The van der Waals surface area contributed by atoms with Crippen LogP contribution in [0, 0.1) is 56.7 Å². The number of ether oxygens (including phenoxy) is 4. The molecule has 0 aromatic rings. The van der Waals surface area contributed by atoms with Crippen LogP contribution in [0.2, 0.25) is 0 Å². The summed E-state index contributed by atoms with van der Waals surface area (Å²) in [5.74, 6) is 0.611. The fraction of sp³-hybridized carbons (Fsp3) is 1.00. The van der Waals surface area contributed by atoms with Gasteiger partial charge in [0, 0.05) is 12.5 Å². The van der Waals surface area contributed by atoms with Crippen molar-refractivity contribution < 1.29 is 70.0 Å². The molecule has 56 heavy (non-hydrogen) atoms. The van der Waals surface area contributed by atoms with E-state index in [9.17, 15) is 51.1 Å². The highest BCUT2D eigenvalue weighted by Gasteiger charge is 2.72. The molecule has 0 unspecified atom stereocenters. The van der Waals surface area contributed by atoms with Gasteiger partial charge in [-0.2, -0.15) is 0 Å². The summed E-state index contributed by atoms with van der Waals surface area (Å²) in [5, 5.41) is 107. The molecule has 0 spiro atoms. The van der Waals surface area contributed by atoms with Gasteiger partial charge in [-0.05, 0) is 122 Å². The molecule has 0 aromatic heterocycles. The highest BCUT2D eigenvalue weighted by atomic mass is 16.8. The van der Waals surface area contributed by atoms with E-state index < -0.39 is 97.8 Å². The molecule has 324 valence electrons. The number of aliphatic hydroxyl groups excluding tert-OH is 9. The zero-order chi connectivity index (χ0) is 41.1. The minimum Gasteiger partial charge on any atom is -0.396 e. The summed E-state index contributed by atoms with van der Waals surface area (Å²) in [5.41, 5.74) is -1.99. The lowest BCUT2D eigenvalue weighted by Gasteiger charge is -2.73. The topological polar surface area (TPSA) is 239 Å². The van der Waals surface area contributed by atoms with Crippen LogP contribution in [-0.4, -0.2) is 150 Å². The van der Waals surface area contributed by atoms with Gasteiger partial charge in [-0.15, -0.1) is 0 Å². The van der Waals surface area contributed by atoms with E-state index >= 15 is 0 Å². The highest BCUT2D eigenvalue weighted by Crippen LogP contribution is 2.77. The van der Waals surface area contributed by atoms with Crippen molar-refractivity contribution >= 4 is 0 Å². The molecule has 2 aliphatic heterocycles. The van der Waals surface area contributed by atoms with Crippen molar-refractivity contribution in [2.24, 2.45) is 56.7 Å². The Morgan fingerprint density at radius 2 is 1.27 bits per heavy atom. The monoisotopic (exact) mass is 800 g/mol. The van der Waals surface area contributed by atoms with Crippen LogP contribution in [0.5, 0.6) is 0 Å². The third kappa shape index (κ3) is 6.32. The lowest BCUT2D eigenvalue weighted by Crippen LogP contribution is -2.68. The summed E-state index contributed by atoms with van der Waals surface area (Å²) in [4.78, 5) is 0. The molecular weight excluding hydrogens is 728 g/mol. The van der Waals surface area contributed by atoms with Gasteiger partial charge in [0.15, 0.2) is 12.6 Å². The van der Waals surface area contributed by atoms with Crippen LogP contribution in [0.15, 0.2) is 0 Å². The summed E-state index contributed by atoms with van der Waals surface area (Å²) in [6, 6.07) is 0. The van der Waals surface area contributed by atoms with Gasteiger partial charge in [-0.25, -0.2) is 0 Å². The van der Waals surface area contributed by atoms with Crippen LogP contribution in [-0.2, 0) is 18.9 Å². The van der Waals surface area contributed by atoms with Gasteiger partial charge in [-0.3, -0.25) is 0 Å². The molecule has 10 N–H and O–H groups in total. The summed E-state index contributed by atoms with van der Waals surface area (Å²) >= 11 is 0. The van der Waals surface area contributed by atoms with Crippen molar-refractivity contribution in [1.82, 2.24) is 0 Å². The Kier molecular flexibility index (Phi) is 11.5. The third-order valence-corrected chi connectivity index (χ3v) is 18.0. The molecule has 7 fully saturated rings. The molecule has 0 aromatic carbocycles. The Morgan fingerprint density at radius 1 is 0.643 bits per heavy atom. The third-order valence-electron chi connectivity index (χ3n) is 18.0. The minimum absolute atomic E-state index is 0.0182. The second kappa shape index (κ2) is 14.8. The second-order valence-electron chi connectivity index (χ2n) is 21.2. The smallest absolute Gasteiger partial charge is 0.187 e. The van der Waals surface area contributed by atoms with Crippen molar-refractivity contribution in [3.8, 4) is 0 Å². The molecule has 5 saturated carbocycles. The molecule has 7 rings (SSSR count). The van der Waals surface area contributed by atoms with Gasteiger partial charge in [0.05, 0.1) is 31.0 Å². The Balaban J connectivity index is 1.13. The quantitative estimate of drug-likeness (QED) is 0.153. The first-order valence-corrected chi connectivity index (χ1v) is 21.3. The zero-order valence-corrected chi connectivity index (χ0v) is 34.4. The molecule has 0 amide bonds. The van der Waals surface area contributed by atoms with Gasteiger partial charge >= 0.3 is 0 Å². The number of aliphatic hydroxyl groups is 10. The van der Waals surface area contributed by atoms with Gasteiger partial charge in [0.2, 0.25) is 0 Å². The lowest BCUT2D eigenvalue weighted by atomic mass is 9.32. The van der Waals surface area contributed by atoms with E-state index in [1.165, 1.54) is 0 Å². The van der Waals surface area contributed by atoms with E-state index in [4.69, 9.17) is 18.9 Å². The second-order valence-corrected chi connectivity index (χ2v) is 21.2. The number of rotatable bonds is 8. The van der Waals surface area contributed by atoms with Gasteiger partial charge in [0.1, 0.15) is 48.8 Å². The van der Waals surface area contributed by atoms with Gasteiger partial charge in [-0.1, -0.05) is 34.6 Å². The average molecular weight is 801 g/mol. The first-order chi connectivity index (χ1) is 26.1. The van der Waals surface area contributed by atoms with Crippen LogP contribution in [0.25, 0.3) is 0 Å². The number of hydrogen-bond acceptors (Lipinski definition) is 14. The van der Waals surface area contributed by atoms with Crippen molar-refractivity contribution in [3.63, 3.8) is 0 Å². The normalized spacial score (nSPS) is 55.8. The molecule has 2 heterocycles. The van der Waals surface area contributed by atoms with Gasteiger partial charge in [0.25, 0.3) is 0 Å². The fourth-order valence-electron chi connectivity index (χ4n) is 15.0. The molecule has 0 radical (unpaired) electrons. The highest BCUT2D eigenvalue weighted by molar-refractivity contribution is 5.21. The van der Waals surface area contributed by atoms with Crippen LogP contribution in [0.4, 0.5) is 0 Å². The van der Waals surface area contributed by atoms with Crippen molar-refractivity contribution in [3.05, 3.63) is 0 Å². The van der Waals surface area contributed by atoms with E-state index in [0.717, 1.165) is 44.9 Å². The first-order valence-electron chi connectivity index (χ1n) is 21.3. The minimum atomic E-state index is -1.75. The standard InChI is InChI=1S/C42H72O14/c1-37(2)24-10-13-41(7)25(9-8-20-27-28(38(3,4)52)21(46)16-42(27,19-45)15-14-40(20,41)6)39(24,5)12-11-26(37)55-36-34(32(50)30(48)23(18-44)54-36)56-35-33(51)31(49)29(47)22(17-43)53-35/h20-36,43-52H,8-19H2,1-7H3/t20-,21+,22-,23-,24-,25-,26+,27+,28-,29-,30-,31+,32+,33-,34-,35+,36+,39+,40-,41-,42-/m1/s1. The fourth-order valence-corrected chi connectivity index (χ4v) is 15.0. The van der Waals surface area contributed by atoms with Gasteiger partial charge < -0.3 is 70.0 Å².